The van der Waals surface area contributed by atoms with Crippen LogP contribution in [0.1, 0.15) is 28.8 Å². The normalized spacial score (nSPS) is 16.4. The summed E-state index contributed by atoms with van der Waals surface area (Å²) in [5.41, 5.74) is 3.20. The van der Waals surface area contributed by atoms with Crippen molar-refractivity contribution >= 4 is 5.91 Å². The molecule has 2 aliphatic heterocycles. The average molecular weight is 499 g/mol. The summed E-state index contributed by atoms with van der Waals surface area (Å²) in [6.45, 7) is 1.60. The number of amides is 1. The van der Waals surface area contributed by atoms with Crippen molar-refractivity contribution in [3.63, 3.8) is 0 Å². The Hall–Kier alpha value is -4.17. The van der Waals surface area contributed by atoms with E-state index in [-0.39, 0.29) is 11.9 Å². The minimum absolute atomic E-state index is 0.217. The highest BCUT2D eigenvalue weighted by molar-refractivity contribution is 5.97. The topological polar surface area (TPSA) is 87.5 Å². The zero-order valence-corrected chi connectivity index (χ0v) is 20.8. The second-order valence-corrected chi connectivity index (χ2v) is 8.93. The number of aromatic nitrogens is 3. The fourth-order valence-electron chi connectivity index (χ4n) is 4.30. The van der Waals surface area contributed by atoms with Gasteiger partial charge in [-0.05, 0) is 67.3 Å². The van der Waals surface area contributed by atoms with E-state index in [1.807, 2.05) is 60.8 Å². The predicted molar refractivity (Wildman–Crippen MR) is 140 cm³/mol. The lowest BCUT2D eigenvalue weighted by molar-refractivity contribution is 0.0896. The first kappa shape index (κ1) is 24.5. The van der Waals surface area contributed by atoms with Crippen molar-refractivity contribution < 1.29 is 19.0 Å². The second kappa shape index (κ2) is 11.7. The maximum Gasteiger partial charge on any atom is 0.255 e. The lowest BCUT2D eigenvalue weighted by Crippen LogP contribution is -2.40. The van der Waals surface area contributed by atoms with Gasteiger partial charge in [0, 0.05) is 25.1 Å². The molecule has 1 amide bonds. The third-order valence-corrected chi connectivity index (χ3v) is 6.15. The zero-order chi connectivity index (χ0) is 25.5. The number of nitrogens with zero attached hydrogens (tertiary/aromatic N) is 3. The molecule has 0 unspecified atom stereocenters. The molecule has 0 saturated heterocycles. The number of rotatable bonds is 2. The van der Waals surface area contributed by atoms with Gasteiger partial charge in [-0.25, -0.2) is 9.67 Å². The first-order valence-electron chi connectivity index (χ1n) is 12.5. The van der Waals surface area contributed by atoms with E-state index in [0.29, 0.717) is 37.6 Å². The highest BCUT2D eigenvalue weighted by Crippen LogP contribution is 2.24. The number of carbonyl (C=O) groups excluding carboxylic acids is 1. The predicted octanol–water partition coefficient (Wildman–Crippen LogP) is 4.47. The molecule has 0 radical (unpaired) electrons. The molecular formula is C29H30N4O4. The summed E-state index contributed by atoms with van der Waals surface area (Å²) in [7, 11) is 1.63. The maximum absolute atomic E-state index is 13.4. The largest absolute Gasteiger partial charge is 0.494 e. The highest BCUT2D eigenvalue weighted by Gasteiger charge is 2.19. The molecule has 37 heavy (non-hydrogen) atoms. The average Bonchev–Trinajstić information content (AvgIpc) is 3.42. The van der Waals surface area contributed by atoms with E-state index in [9.17, 15) is 4.79 Å². The number of fused-ring (bicyclic) bond motifs is 10. The third-order valence-electron chi connectivity index (χ3n) is 6.15. The Balaban J connectivity index is 1.47. The van der Waals surface area contributed by atoms with Crippen LogP contribution in [0.25, 0.3) is 17.1 Å². The smallest absolute Gasteiger partial charge is 0.255 e. The van der Waals surface area contributed by atoms with Gasteiger partial charge in [-0.2, -0.15) is 5.10 Å². The van der Waals surface area contributed by atoms with Crippen LogP contribution in [0, 0.1) is 0 Å². The van der Waals surface area contributed by atoms with Crippen LogP contribution in [0.3, 0.4) is 0 Å². The van der Waals surface area contributed by atoms with Crippen LogP contribution in [-0.4, -0.2) is 53.6 Å². The van der Waals surface area contributed by atoms with Crippen LogP contribution in [0.5, 0.6) is 11.5 Å². The van der Waals surface area contributed by atoms with Crippen molar-refractivity contribution in [3.8, 4) is 28.6 Å². The molecule has 1 N–H and O–H groups in total. The number of hydrogen-bond donors (Lipinski definition) is 1. The minimum Gasteiger partial charge on any atom is -0.494 e. The highest BCUT2D eigenvalue weighted by atomic mass is 16.5. The van der Waals surface area contributed by atoms with Gasteiger partial charge in [0.25, 0.3) is 5.91 Å². The molecule has 6 rings (SSSR count). The van der Waals surface area contributed by atoms with Crippen LogP contribution in [-0.2, 0) is 11.2 Å². The van der Waals surface area contributed by atoms with Crippen molar-refractivity contribution in [1.82, 2.24) is 20.1 Å². The Kier molecular flexibility index (Phi) is 7.76. The number of methoxy groups -OCH3 is 1. The molecule has 2 aromatic heterocycles. The molecule has 0 aliphatic carbocycles. The summed E-state index contributed by atoms with van der Waals surface area (Å²) in [4.78, 5) is 17.8. The van der Waals surface area contributed by atoms with E-state index in [1.165, 1.54) is 0 Å². The van der Waals surface area contributed by atoms with Crippen molar-refractivity contribution in [2.75, 3.05) is 26.9 Å². The Labute approximate surface area is 216 Å². The van der Waals surface area contributed by atoms with Crippen LogP contribution < -0.4 is 14.8 Å². The molecule has 4 heterocycles. The second-order valence-electron chi connectivity index (χ2n) is 8.93. The summed E-state index contributed by atoms with van der Waals surface area (Å²) < 4.78 is 18.9. The van der Waals surface area contributed by atoms with Crippen molar-refractivity contribution in [3.05, 3.63) is 90.3 Å². The van der Waals surface area contributed by atoms with Crippen LogP contribution in [0.4, 0.5) is 0 Å². The lowest BCUT2D eigenvalue weighted by atomic mass is 10.1. The Morgan fingerprint density at radius 3 is 2.62 bits per heavy atom. The first-order chi connectivity index (χ1) is 18.2. The quantitative estimate of drug-likeness (QED) is 0.439. The molecule has 8 nitrogen and oxygen atoms in total. The van der Waals surface area contributed by atoms with Crippen molar-refractivity contribution in [1.29, 1.82) is 0 Å². The van der Waals surface area contributed by atoms with Crippen LogP contribution in [0.2, 0.25) is 0 Å². The molecule has 190 valence electrons. The van der Waals surface area contributed by atoms with Crippen LogP contribution >= 0.6 is 0 Å². The zero-order valence-electron chi connectivity index (χ0n) is 20.8. The van der Waals surface area contributed by atoms with E-state index < -0.39 is 0 Å². The van der Waals surface area contributed by atoms with E-state index >= 15 is 0 Å². The molecule has 0 spiro atoms. The molecule has 8 heteroatoms. The first-order valence-corrected chi connectivity index (χ1v) is 12.5. The molecule has 4 aromatic rings. The molecular weight excluding hydrogens is 468 g/mol. The van der Waals surface area contributed by atoms with Gasteiger partial charge in [0.05, 0.1) is 37.1 Å². The number of pyridine rings is 1. The lowest BCUT2D eigenvalue weighted by Gasteiger charge is -2.19. The van der Waals surface area contributed by atoms with Gasteiger partial charge in [0.2, 0.25) is 0 Å². The summed E-state index contributed by atoms with van der Waals surface area (Å²) in [5, 5.41) is 7.82. The van der Waals surface area contributed by atoms with Crippen molar-refractivity contribution in [2.24, 2.45) is 0 Å². The number of nitrogens with one attached hydrogen (secondary N) is 1. The van der Waals surface area contributed by atoms with E-state index in [0.717, 1.165) is 41.2 Å². The van der Waals surface area contributed by atoms with Gasteiger partial charge in [0.15, 0.2) is 5.82 Å². The molecule has 1 atom stereocenters. The third kappa shape index (κ3) is 6.16. The summed E-state index contributed by atoms with van der Waals surface area (Å²) in [6.07, 6.45) is 5.86. The Morgan fingerprint density at radius 1 is 1.00 bits per heavy atom. The van der Waals surface area contributed by atoms with Crippen molar-refractivity contribution in [2.45, 2.75) is 25.3 Å². The molecule has 2 aromatic carbocycles. The van der Waals surface area contributed by atoms with Crippen LogP contribution in [0.15, 0.2) is 79.1 Å². The fourth-order valence-corrected chi connectivity index (χ4v) is 4.30. The van der Waals surface area contributed by atoms with Gasteiger partial charge in [-0.15, -0.1) is 0 Å². The molecule has 0 saturated carbocycles. The van der Waals surface area contributed by atoms with Gasteiger partial charge < -0.3 is 19.5 Å². The molecule has 0 fully saturated rings. The van der Waals surface area contributed by atoms with Gasteiger partial charge in [-0.1, -0.05) is 24.3 Å². The standard InChI is InChI=1S/C29H30N4O4/c1-35-20-23-18-21-9-11-24(12-10-21)36-16-2-3-17-37-25-7-4-6-22(19-25)27-13-15-33(32-27)28-26(29(34)31-23)8-5-14-30-28/h4-15,19,23H,2-3,16-18,20H2,1H3,(H,31,34)/t23-/m0/s1. The number of ether oxygens (including phenoxy) is 3. The molecule has 2 aliphatic rings. The van der Waals surface area contributed by atoms with E-state index in [4.69, 9.17) is 19.3 Å². The number of hydrogen-bond acceptors (Lipinski definition) is 6. The summed E-state index contributed by atoms with van der Waals surface area (Å²) in [5.74, 6) is 1.83. The van der Waals surface area contributed by atoms with Gasteiger partial charge >= 0.3 is 0 Å². The monoisotopic (exact) mass is 498 g/mol. The Bertz CT molecular complexity index is 1340. The minimum atomic E-state index is -0.236. The van der Waals surface area contributed by atoms with Gasteiger partial charge in [-0.3, -0.25) is 4.79 Å². The summed E-state index contributed by atoms with van der Waals surface area (Å²) in [6, 6.07) is 21.0. The number of carbonyl (C=O) groups is 1. The molecule has 6 bridgehead atoms. The van der Waals surface area contributed by atoms with E-state index in [1.54, 1.807) is 30.1 Å². The fraction of sp³-hybridized carbons (Fsp3) is 0.276. The van der Waals surface area contributed by atoms with E-state index in [2.05, 4.69) is 10.3 Å². The maximum atomic E-state index is 13.4. The summed E-state index contributed by atoms with van der Waals surface area (Å²) >= 11 is 0. The Morgan fingerprint density at radius 2 is 1.81 bits per heavy atom. The SMILES string of the molecule is COC[C@@H]1Cc2ccc(cc2)OCCCCOc2cccc(c2)-c2ccn(n2)-c2ncccc2C(=O)N1. The number of benzene rings is 2. The van der Waals surface area contributed by atoms with Gasteiger partial charge in [0.1, 0.15) is 11.5 Å².